The molecule has 2 nitrogen and oxygen atoms in total. The van der Waals surface area contributed by atoms with Crippen LogP contribution in [-0.4, -0.2) is 36.7 Å². The first-order chi connectivity index (χ1) is 6.45. The van der Waals surface area contributed by atoms with Crippen LogP contribution in [0.4, 0.5) is 0 Å². The van der Waals surface area contributed by atoms with Gasteiger partial charge in [-0.3, -0.25) is 0 Å². The van der Waals surface area contributed by atoms with Gasteiger partial charge in [0.2, 0.25) is 0 Å². The average Bonchev–Trinajstić information content (AvgIpc) is 2.69. The smallest absolute Gasteiger partial charge is 0.0283 e. The van der Waals surface area contributed by atoms with Gasteiger partial charge in [-0.1, -0.05) is 12.8 Å². The van der Waals surface area contributed by atoms with Crippen molar-refractivity contribution in [2.45, 2.75) is 37.8 Å². The van der Waals surface area contributed by atoms with Gasteiger partial charge in [0.1, 0.15) is 0 Å². The summed E-state index contributed by atoms with van der Waals surface area (Å²) in [7, 11) is 0. The minimum absolute atomic E-state index is 0.722. The molecule has 1 saturated carbocycles. The first-order valence-electron chi connectivity index (χ1n) is 5.49. The highest BCUT2D eigenvalue weighted by molar-refractivity contribution is 7.99. The SMILES string of the molecule is C1CCC(NCC2CSCCN2)C1. The lowest BCUT2D eigenvalue weighted by atomic mass is 10.2. The summed E-state index contributed by atoms with van der Waals surface area (Å²) in [4.78, 5) is 0. The minimum atomic E-state index is 0.722. The van der Waals surface area contributed by atoms with Crippen LogP contribution in [0.5, 0.6) is 0 Å². The summed E-state index contributed by atoms with van der Waals surface area (Å²) < 4.78 is 0. The second-order valence-corrected chi connectivity index (χ2v) is 5.27. The Morgan fingerprint density at radius 3 is 2.85 bits per heavy atom. The van der Waals surface area contributed by atoms with E-state index >= 15 is 0 Å². The molecule has 1 aliphatic carbocycles. The van der Waals surface area contributed by atoms with Gasteiger partial charge in [0, 0.05) is 36.7 Å². The second kappa shape index (κ2) is 5.23. The van der Waals surface area contributed by atoms with E-state index in [1.54, 1.807) is 0 Å². The largest absolute Gasteiger partial charge is 0.312 e. The summed E-state index contributed by atoms with van der Waals surface area (Å²) in [6.07, 6.45) is 5.68. The molecule has 76 valence electrons. The van der Waals surface area contributed by atoms with Gasteiger partial charge in [-0.15, -0.1) is 0 Å². The van der Waals surface area contributed by atoms with E-state index in [4.69, 9.17) is 0 Å². The fraction of sp³-hybridized carbons (Fsp3) is 1.00. The molecule has 2 rings (SSSR count). The van der Waals surface area contributed by atoms with Gasteiger partial charge >= 0.3 is 0 Å². The number of thioether (sulfide) groups is 1. The van der Waals surface area contributed by atoms with Crippen LogP contribution in [0.25, 0.3) is 0 Å². The normalized spacial score (nSPS) is 30.9. The fourth-order valence-corrected chi connectivity index (χ4v) is 3.14. The third-order valence-electron chi connectivity index (χ3n) is 3.01. The first kappa shape index (κ1) is 9.81. The quantitative estimate of drug-likeness (QED) is 0.716. The maximum absolute atomic E-state index is 3.68. The molecule has 0 amide bonds. The molecule has 2 N–H and O–H groups in total. The Bertz CT molecular complexity index is 140. The van der Waals surface area contributed by atoms with E-state index in [-0.39, 0.29) is 0 Å². The van der Waals surface area contributed by atoms with Crippen molar-refractivity contribution in [1.29, 1.82) is 0 Å². The van der Waals surface area contributed by atoms with Crippen LogP contribution in [0, 0.1) is 0 Å². The summed E-state index contributed by atoms with van der Waals surface area (Å²) in [5.41, 5.74) is 0. The highest BCUT2D eigenvalue weighted by Gasteiger charge is 2.17. The third-order valence-corrected chi connectivity index (χ3v) is 4.14. The maximum Gasteiger partial charge on any atom is 0.0283 e. The van der Waals surface area contributed by atoms with Crippen LogP contribution < -0.4 is 10.6 Å². The third kappa shape index (κ3) is 3.15. The van der Waals surface area contributed by atoms with Crippen molar-refractivity contribution >= 4 is 11.8 Å². The van der Waals surface area contributed by atoms with Crippen LogP contribution in [0.1, 0.15) is 25.7 Å². The van der Waals surface area contributed by atoms with Crippen LogP contribution in [0.15, 0.2) is 0 Å². The van der Waals surface area contributed by atoms with Crippen molar-refractivity contribution in [2.75, 3.05) is 24.6 Å². The molecule has 1 unspecified atom stereocenters. The number of hydrogen-bond acceptors (Lipinski definition) is 3. The summed E-state index contributed by atoms with van der Waals surface area (Å²) in [5.74, 6) is 2.58. The van der Waals surface area contributed by atoms with Gasteiger partial charge < -0.3 is 10.6 Å². The van der Waals surface area contributed by atoms with E-state index in [1.807, 2.05) is 0 Å². The lowest BCUT2D eigenvalue weighted by Crippen LogP contribution is -2.46. The zero-order valence-electron chi connectivity index (χ0n) is 8.22. The topological polar surface area (TPSA) is 24.1 Å². The minimum Gasteiger partial charge on any atom is -0.312 e. The predicted octanol–water partition coefficient (Wildman–Crippen LogP) is 1.22. The van der Waals surface area contributed by atoms with Crippen LogP contribution in [0.2, 0.25) is 0 Å². The summed E-state index contributed by atoms with van der Waals surface area (Å²) in [5, 5.41) is 7.24. The zero-order chi connectivity index (χ0) is 8.93. The highest BCUT2D eigenvalue weighted by Crippen LogP contribution is 2.17. The Kier molecular flexibility index (Phi) is 3.94. The van der Waals surface area contributed by atoms with Crippen molar-refractivity contribution in [3.8, 4) is 0 Å². The van der Waals surface area contributed by atoms with Crippen LogP contribution in [0.3, 0.4) is 0 Å². The standard InChI is InChI=1S/C10H20N2S/c1-2-4-9(3-1)12-7-10-8-13-6-5-11-10/h9-12H,1-8H2. The van der Waals surface area contributed by atoms with Crippen molar-refractivity contribution in [1.82, 2.24) is 10.6 Å². The summed E-state index contributed by atoms with van der Waals surface area (Å²) in [6, 6.07) is 1.55. The molecule has 0 spiro atoms. The Morgan fingerprint density at radius 2 is 2.15 bits per heavy atom. The molecule has 1 atom stereocenters. The molecule has 0 aromatic carbocycles. The van der Waals surface area contributed by atoms with E-state index in [9.17, 15) is 0 Å². The van der Waals surface area contributed by atoms with E-state index in [0.717, 1.165) is 12.1 Å². The van der Waals surface area contributed by atoms with E-state index in [2.05, 4.69) is 22.4 Å². The van der Waals surface area contributed by atoms with Gasteiger partial charge in [-0.05, 0) is 12.8 Å². The molecule has 0 aromatic heterocycles. The first-order valence-corrected chi connectivity index (χ1v) is 6.65. The molecule has 0 radical (unpaired) electrons. The van der Waals surface area contributed by atoms with Crippen LogP contribution in [-0.2, 0) is 0 Å². The van der Waals surface area contributed by atoms with Crippen molar-refractivity contribution in [2.24, 2.45) is 0 Å². The monoisotopic (exact) mass is 200 g/mol. The van der Waals surface area contributed by atoms with E-state index < -0.39 is 0 Å². The summed E-state index contributed by atoms with van der Waals surface area (Å²) in [6.45, 7) is 2.37. The second-order valence-electron chi connectivity index (χ2n) is 4.12. The van der Waals surface area contributed by atoms with Gasteiger partial charge in [-0.2, -0.15) is 11.8 Å². The lowest BCUT2D eigenvalue weighted by Gasteiger charge is -2.25. The van der Waals surface area contributed by atoms with Gasteiger partial charge in [0.05, 0.1) is 0 Å². The number of nitrogens with one attached hydrogen (secondary N) is 2. The average molecular weight is 200 g/mol. The molecule has 0 bridgehead atoms. The molecule has 13 heavy (non-hydrogen) atoms. The van der Waals surface area contributed by atoms with E-state index in [1.165, 1.54) is 50.3 Å². The molecule has 0 aromatic rings. The Hall–Kier alpha value is 0.270. The maximum atomic E-state index is 3.68. The molecule has 1 saturated heterocycles. The van der Waals surface area contributed by atoms with Crippen LogP contribution >= 0.6 is 11.8 Å². The Morgan fingerprint density at radius 1 is 1.31 bits per heavy atom. The number of hydrogen-bond donors (Lipinski definition) is 2. The van der Waals surface area contributed by atoms with E-state index in [0.29, 0.717) is 0 Å². The molecule has 3 heteroatoms. The molecule has 2 fully saturated rings. The number of rotatable bonds is 3. The van der Waals surface area contributed by atoms with Gasteiger partial charge in [0.25, 0.3) is 0 Å². The molecular formula is C10H20N2S. The summed E-state index contributed by atoms with van der Waals surface area (Å²) >= 11 is 2.08. The molecule has 1 aliphatic heterocycles. The van der Waals surface area contributed by atoms with Crippen molar-refractivity contribution in [3.05, 3.63) is 0 Å². The van der Waals surface area contributed by atoms with Crippen molar-refractivity contribution < 1.29 is 0 Å². The zero-order valence-corrected chi connectivity index (χ0v) is 9.04. The fourth-order valence-electron chi connectivity index (χ4n) is 2.19. The van der Waals surface area contributed by atoms with Crippen molar-refractivity contribution in [3.63, 3.8) is 0 Å². The highest BCUT2D eigenvalue weighted by atomic mass is 32.2. The Balaban J connectivity index is 1.60. The molecular weight excluding hydrogens is 180 g/mol. The predicted molar refractivity (Wildman–Crippen MR) is 59.4 cm³/mol. The van der Waals surface area contributed by atoms with Gasteiger partial charge in [0.15, 0.2) is 0 Å². The molecule has 1 heterocycles. The van der Waals surface area contributed by atoms with Gasteiger partial charge in [-0.25, -0.2) is 0 Å². The Labute approximate surface area is 85.2 Å². The molecule has 2 aliphatic rings. The lowest BCUT2D eigenvalue weighted by molar-refractivity contribution is 0.456.